The number of amides is 2. The van der Waals surface area contributed by atoms with E-state index < -0.39 is 6.04 Å². The van der Waals surface area contributed by atoms with Gasteiger partial charge >= 0.3 is 0 Å². The predicted octanol–water partition coefficient (Wildman–Crippen LogP) is 5.86. The van der Waals surface area contributed by atoms with Gasteiger partial charge in [-0.05, 0) is 66.9 Å². The molecule has 4 aromatic rings. The zero-order valence-corrected chi connectivity index (χ0v) is 20.3. The minimum Gasteiger partial charge on any atom is -0.340 e. The van der Waals surface area contributed by atoms with E-state index in [1.807, 2.05) is 91.0 Å². The summed E-state index contributed by atoms with van der Waals surface area (Å²) >= 11 is 1.58. The van der Waals surface area contributed by atoms with E-state index in [-0.39, 0.29) is 11.8 Å². The number of fused-ring (bicyclic) bond motifs is 1. The van der Waals surface area contributed by atoms with Crippen LogP contribution in [-0.4, -0.2) is 24.4 Å². The van der Waals surface area contributed by atoms with E-state index in [0.29, 0.717) is 18.5 Å². The number of benzene rings is 4. The third kappa shape index (κ3) is 6.50. The zero-order valence-electron chi connectivity index (χ0n) is 19.4. The Kier molecular flexibility index (Phi) is 8.54. The highest BCUT2D eigenvalue weighted by molar-refractivity contribution is 7.99. The Hall–Kier alpha value is -3.61. The summed E-state index contributed by atoms with van der Waals surface area (Å²) in [6.07, 6.45) is 2.03. The van der Waals surface area contributed by atoms with E-state index in [4.69, 9.17) is 5.73 Å². The number of carbonyl (C=O) groups is 2. The largest absolute Gasteiger partial charge is 0.340 e. The fourth-order valence-electron chi connectivity index (χ4n) is 3.92. The average molecular weight is 484 g/mol. The molecule has 6 heteroatoms. The molecule has 0 bridgehead atoms. The first-order valence-electron chi connectivity index (χ1n) is 11.8. The monoisotopic (exact) mass is 483 g/mol. The van der Waals surface area contributed by atoms with Gasteiger partial charge in [-0.15, -0.1) is 0 Å². The lowest BCUT2D eigenvalue weighted by Crippen LogP contribution is -2.44. The lowest BCUT2D eigenvalue weighted by Gasteiger charge is -2.20. The standard InChI is InChI=1S/C29H29N3O2S/c30-20-9-8-18-26(32-28(33)24-16-10-12-21-11-4-5-15-23(21)24)29(34)31-25-17-6-7-19-27(25)35-22-13-2-1-3-14-22/h1-7,10-17,19,26H,8-9,18,20,30H2,(H,31,34)(H,32,33)/t26-/m1/s1. The number of nitrogens with two attached hydrogens (primary N) is 1. The highest BCUT2D eigenvalue weighted by atomic mass is 32.2. The third-order valence-electron chi connectivity index (χ3n) is 5.72. The molecule has 0 heterocycles. The number of rotatable bonds is 10. The van der Waals surface area contributed by atoms with Crippen LogP contribution in [0.15, 0.2) is 107 Å². The molecule has 0 aliphatic heterocycles. The molecule has 4 aromatic carbocycles. The maximum Gasteiger partial charge on any atom is 0.252 e. The number of para-hydroxylation sites is 1. The van der Waals surface area contributed by atoms with E-state index >= 15 is 0 Å². The molecule has 0 saturated heterocycles. The van der Waals surface area contributed by atoms with E-state index in [9.17, 15) is 9.59 Å². The summed E-state index contributed by atoms with van der Waals surface area (Å²) in [7, 11) is 0. The summed E-state index contributed by atoms with van der Waals surface area (Å²) in [4.78, 5) is 28.6. The van der Waals surface area contributed by atoms with Gasteiger partial charge in [0.05, 0.1) is 5.69 Å². The van der Waals surface area contributed by atoms with Gasteiger partial charge < -0.3 is 16.4 Å². The Morgan fingerprint density at radius 3 is 2.34 bits per heavy atom. The van der Waals surface area contributed by atoms with Crippen LogP contribution in [0.3, 0.4) is 0 Å². The van der Waals surface area contributed by atoms with Gasteiger partial charge in [-0.2, -0.15) is 0 Å². The molecule has 178 valence electrons. The normalized spacial score (nSPS) is 11.7. The number of carbonyl (C=O) groups excluding carboxylic acids is 2. The van der Waals surface area contributed by atoms with Crippen LogP contribution in [-0.2, 0) is 4.79 Å². The minimum atomic E-state index is -0.678. The van der Waals surface area contributed by atoms with Crippen LogP contribution in [0.2, 0.25) is 0 Å². The van der Waals surface area contributed by atoms with Crippen molar-refractivity contribution in [1.82, 2.24) is 5.32 Å². The second kappa shape index (κ2) is 12.2. The first-order valence-corrected chi connectivity index (χ1v) is 12.6. The van der Waals surface area contributed by atoms with Crippen LogP contribution in [0, 0.1) is 0 Å². The van der Waals surface area contributed by atoms with Gasteiger partial charge in [-0.3, -0.25) is 9.59 Å². The molecule has 0 aromatic heterocycles. The van der Waals surface area contributed by atoms with E-state index in [2.05, 4.69) is 10.6 Å². The molecule has 0 unspecified atom stereocenters. The molecule has 5 nitrogen and oxygen atoms in total. The fraction of sp³-hybridized carbons (Fsp3) is 0.172. The van der Waals surface area contributed by atoms with Crippen molar-refractivity contribution in [3.63, 3.8) is 0 Å². The first-order chi connectivity index (χ1) is 17.2. The molecule has 0 spiro atoms. The molecule has 2 amide bonds. The van der Waals surface area contributed by atoms with Gasteiger partial charge in [-0.25, -0.2) is 0 Å². The molecular weight excluding hydrogens is 454 g/mol. The number of anilines is 1. The molecular formula is C29H29N3O2S. The summed E-state index contributed by atoms with van der Waals surface area (Å²) in [5.74, 6) is -0.502. The molecule has 0 aliphatic rings. The Balaban J connectivity index is 1.53. The maximum absolute atomic E-state index is 13.4. The Morgan fingerprint density at radius 2 is 1.51 bits per heavy atom. The van der Waals surface area contributed by atoms with Crippen LogP contribution in [0.5, 0.6) is 0 Å². The molecule has 35 heavy (non-hydrogen) atoms. The van der Waals surface area contributed by atoms with Gasteiger partial charge in [0.2, 0.25) is 5.91 Å². The quantitative estimate of drug-likeness (QED) is 0.247. The maximum atomic E-state index is 13.4. The van der Waals surface area contributed by atoms with Crippen molar-refractivity contribution >= 4 is 40.0 Å². The van der Waals surface area contributed by atoms with Gasteiger partial charge in [0.1, 0.15) is 6.04 Å². The van der Waals surface area contributed by atoms with Crippen LogP contribution >= 0.6 is 11.8 Å². The molecule has 4 rings (SSSR count). The number of nitrogens with one attached hydrogen (secondary N) is 2. The molecule has 0 fully saturated rings. The SMILES string of the molecule is NCCCC[C@@H](NC(=O)c1cccc2ccccc12)C(=O)Nc1ccccc1Sc1ccccc1. The number of unbranched alkanes of at least 4 members (excludes halogenated alkanes) is 1. The number of hydrogen-bond donors (Lipinski definition) is 3. The highest BCUT2D eigenvalue weighted by Crippen LogP contribution is 2.33. The molecule has 1 atom stereocenters. The van der Waals surface area contributed by atoms with Crippen molar-refractivity contribution in [2.75, 3.05) is 11.9 Å². The summed E-state index contributed by atoms with van der Waals surface area (Å²) in [5.41, 5.74) is 6.94. The Bertz CT molecular complexity index is 1290. The van der Waals surface area contributed by atoms with Crippen molar-refractivity contribution < 1.29 is 9.59 Å². The second-order valence-corrected chi connectivity index (χ2v) is 9.35. The second-order valence-electron chi connectivity index (χ2n) is 8.24. The predicted molar refractivity (Wildman–Crippen MR) is 144 cm³/mol. The van der Waals surface area contributed by atoms with Crippen molar-refractivity contribution in [2.24, 2.45) is 5.73 Å². The van der Waals surface area contributed by atoms with Crippen molar-refractivity contribution in [3.8, 4) is 0 Å². The number of hydrogen-bond acceptors (Lipinski definition) is 4. The summed E-state index contributed by atoms with van der Waals surface area (Å²) in [6.45, 7) is 0.544. The third-order valence-corrected chi connectivity index (χ3v) is 6.80. The lowest BCUT2D eigenvalue weighted by molar-refractivity contribution is -0.118. The molecule has 4 N–H and O–H groups in total. The summed E-state index contributed by atoms with van der Waals surface area (Å²) in [5, 5.41) is 7.86. The van der Waals surface area contributed by atoms with Crippen molar-refractivity contribution in [3.05, 3.63) is 103 Å². The van der Waals surface area contributed by atoms with Crippen LogP contribution in [0.1, 0.15) is 29.6 Å². The minimum absolute atomic E-state index is 0.239. The van der Waals surface area contributed by atoms with E-state index in [0.717, 1.165) is 39.1 Å². The van der Waals surface area contributed by atoms with E-state index in [1.165, 1.54) is 0 Å². The van der Waals surface area contributed by atoms with Gasteiger partial charge in [0.15, 0.2) is 0 Å². The van der Waals surface area contributed by atoms with Crippen molar-refractivity contribution in [1.29, 1.82) is 0 Å². The zero-order chi connectivity index (χ0) is 24.5. The Labute approximate surface area is 210 Å². The van der Waals surface area contributed by atoms with Crippen LogP contribution < -0.4 is 16.4 Å². The van der Waals surface area contributed by atoms with Crippen LogP contribution in [0.4, 0.5) is 5.69 Å². The van der Waals surface area contributed by atoms with E-state index in [1.54, 1.807) is 17.8 Å². The lowest BCUT2D eigenvalue weighted by atomic mass is 10.0. The fourth-order valence-corrected chi connectivity index (χ4v) is 4.84. The molecule has 0 radical (unpaired) electrons. The smallest absolute Gasteiger partial charge is 0.252 e. The average Bonchev–Trinajstić information content (AvgIpc) is 2.89. The van der Waals surface area contributed by atoms with Crippen molar-refractivity contribution in [2.45, 2.75) is 35.1 Å². The van der Waals surface area contributed by atoms with Gasteiger partial charge in [0, 0.05) is 15.4 Å². The topological polar surface area (TPSA) is 84.2 Å². The van der Waals surface area contributed by atoms with Gasteiger partial charge in [0.25, 0.3) is 5.91 Å². The van der Waals surface area contributed by atoms with Crippen LogP contribution in [0.25, 0.3) is 10.8 Å². The van der Waals surface area contributed by atoms with Gasteiger partial charge in [-0.1, -0.05) is 78.5 Å². The first kappa shape index (κ1) is 24.5. The summed E-state index contributed by atoms with van der Waals surface area (Å²) < 4.78 is 0. The molecule has 0 aliphatic carbocycles. The summed E-state index contributed by atoms with van der Waals surface area (Å²) in [6, 6.07) is 30.4. The highest BCUT2D eigenvalue weighted by Gasteiger charge is 2.23. The Morgan fingerprint density at radius 1 is 0.800 bits per heavy atom. The molecule has 0 saturated carbocycles.